The van der Waals surface area contributed by atoms with E-state index >= 15 is 0 Å². The van der Waals surface area contributed by atoms with Crippen LogP contribution in [0.25, 0.3) is 0 Å². The summed E-state index contributed by atoms with van der Waals surface area (Å²) in [4.78, 5) is 28.1. The van der Waals surface area contributed by atoms with E-state index in [1.807, 2.05) is 49.0 Å². The Labute approximate surface area is 156 Å². The summed E-state index contributed by atoms with van der Waals surface area (Å²) in [5, 5.41) is 0. The maximum atomic E-state index is 13.0. The molecular weight excluding hydrogens is 359 g/mol. The molecule has 0 N–H and O–H groups in total. The normalized spacial score (nSPS) is 24.4. The molecule has 2 atom stereocenters. The monoisotopic (exact) mass is 383 g/mol. The zero-order valence-corrected chi connectivity index (χ0v) is 15.7. The number of piperidine rings is 1. The van der Waals surface area contributed by atoms with Gasteiger partial charge >= 0.3 is 12.1 Å². The third kappa shape index (κ3) is 2.95. The van der Waals surface area contributed by atoms with Crippen LogP contribution in [0, 0.1) is 0 Å². The number of benzene rings is 1. The fourth-order valence-electron chi connectivity index (χ4n) is 4.74. The number of carbonyl (C=O) groups is 2. The van der Waals surface area contributed by atoms with Crippen LogP contribution in [-0.4, -0.2) is 63.0 Å². The number of hydrogen-bond donors (Lipinski definition) is 0. The minimum atomic E-state index is -4.88. The van der Waals surface area contributed by atoms with Gasteiger partial charge in [0.1, 0.15) is 6.29 Å². The van der Waals surface area contributed by atoms with E-state index in [0.29, 0.717) is 12.8 Å². The summed E-state index contributed by atoms with van der Waals surface area (Å²) in [6, 6.07) is 5.64. The number of anilines is 2. The number of carbonyl (C=O) groups excluding carboxylic acids is 2. The molecule has 8 heteroatoms. The number of alkyl halides is 3. The first-order valence-electron chi connectivity index (χ1n) is 9.04. The van der Waals surface area contributed by atoms with Gasteiger partial charge in [-0.25, -0.2) is 0 Å². The van der Waals surface area contributed by atoms with Gasteiger partial charge in [-0.05, 0) is 24.5 Å². The molecule has 27 heavy (non-hydrogen) atoms. The Hall–Kier alpha value is -2.25. The maximum Gasteiger partial charge on any atom is 0.471 e. The van der Waals surface area contributed by atoms with Crippen LogP contribution >= 0.6 is 0 Å². The van der Waals surface area contributed by atoms with Crippen molar-refractivity contribution >= 4 is 23.6 Å². The lowest BCUT2D eigenvalue weighted by atomic mass is 9.70. The second-order valence-corrected chi connectivity index (χ2v) is 7.43. The van der Waals surface area contributed by atoms with Crippen LogP contribution in [0.3, 0.4) is 0 Å². The summed E-state index contributed by atoms with van der Waals surface area (Å²) in [6.45, 7) is 2.15. The lowest BCUT2D eigenvalue weighted by Crippen LogP contribution is -2.59. The summed E-state index contributed by atoms with van der Waals surface area (Å²) >= 11 is 0. The van der Waals surface area contributed by atoms with E-state index in [4.69, 9.17) is 0 Å². The minimum Gasteiger partial charge on any atom is -0.376 e. The van der Waals surface area contributed by atoms with Crippen molar-refractivity contribution in [2.24, 2.45) is 0 Å². The van der Waals surface area contributed by atoms with Crippen LogP contribution in [0.15, 0.2) is 18.2 Å². The summed E-state index contributed by atoms with van der Waals surface area (Å²) in [5.74, 6) is -1.78. The van der Waals surface area contributed by atoms with Gasteiger partial charge in [0, 0.05) is 38.6 Å². The molecule has 0 spiro atoms. The Bertz CT molecular complexity index is 750. The smallest absolute Gasteiger partial charge is 0.376 e. The third-order valence-electron chi connectivity index (χ3n) is 5.91. The summed E-state index contributed by atoms with van der Waals surface area (Å²) in [6.07, 6.45) is -3.07. The van der Waals surface area contributed by atoms with Crippen molar-refractivity contribution < 1.29 is 22.8 Å². The van der Waals surface area contributed by atoms with Crippen LogP contribution < -0.4 is 9.80 Å². The number of halogens is 3. The van der Waals surface area contributed by atoms with Gasteiger partial charge in [-0.2, -0.15) is 13.2 Å². The number of rotatable bonds is 4. The first kappa shape index (κ1) is 19.5. The molecule has 0 bridgehead atoms. The second kappa shape index (κ2) is 6.73. The van der Waals surface area contributed by atoms with Gasteiger partial charge in [0.05, 0.1) is 17.9 Å². The highest BCUT2D eigenvalue weighted by atomic mass is 19.4. The third-order valence-corrected chi connectivity index (χ3v) is 5.91. The van der Waals surface area contributed by atoms with Gasteiger partial charge in [0.15, 0.2) is 0 Å². The second-order valence-electron chi connectivity index (χ2n) is 7.43. The SMILES string of the molecule is CCC12CN(C(=O)C(F)(F)F)CCC1N(CC=O)c1c(N(C)C)cccc12. The van der Waals surface area contributed by atoms with E-state index in [-0.39, 0.29) is 25.7 Å². The molecule has 5 nitrogen and oxygen atoms in total. The first-order valence-corrected chi connectivity index (χ1v) is 9.04. The van der Waals surface area contributed by atoms with Gasteiger partial charge in [0.2, 0.25) is 0 Å². The van der Waals surface area contributed by atoms with Crippen molar-refractivity contribution in [3.05, 3.63) is 23.8 Å². The van der Waals surface area contributed by atoms with Crippen molar-refractivity contribution in [1.29, 1.82) is 0 Å². The van der Waals surface area contributed by atoms with E-state index in [9.17, 15) is 22.8 Å². The Morgan fingerprint density at radius 2 is 2.07 bits per heavy atom. The van der Waals surface area contributed by atoms with Gasteiger partial charge in [-0.3, -0.25) is 4.79 Å². The van der Waals surface area contributed by atoms with Gasteiger partial charge in [-0.1, -0.05) is 19.1 Å². The largest absolute Gasteiger partial charge is 0.471 e. The van der Waals surface area contributed by atoms with E-state index in [1.165, 1.54) is 0 Å². The molecular formula is C19H24F3N3O2. The molecule has 1 aromatic carbocycles. The number of fused-ring (bicyclic) bond motifs is 3. The number of likely N-dealkylation sites (tertiary alicyclic amines) is 1. The zero-order chi connectivity index (χ0) is 20.0. The predicted octanol–water partition coefficient (Wildman–Crippen LogP) is 2.58. The van der Waals surface area contributed by atoms with Crippen molar-refractivity contribution in [2.45, 2.75) is 37.4 Å². The quantitative estimate of drug-likeness (QED) is 0.750. The van der Waals surface area contributed by atoms with E-state index in [2.05, 4.69) is 0 Å². The van der Waals surface area contributed by atoms with E-state index in [0.717, 1.165) is 28.1 Å². The Balaban J connectivity index is 2.12. The van der Waals surface area contributed by atoms with Crippen LogP contribution in [0.2, 0.25) is 0 Å². The molecule has 0 saturated carbocycles. The minimum absolute atomic E-state index is 0.00570. The fourth-order valence-corrected chi connectivity index (χ4v) is 4.74. The van der Waals surface area contributed by atoms with Gasteiger partial charge in [0.25, 0.3) is 0 Å². The topological polar surface area (TPSA) is 43.9 Å². The van der Waals surface area contributed by atoms with Crippen molar-refractivity contribution in [2.75, 3.05) is 43.5 Å². The Kier molecular flexibility index (Phi) is 4.86. The summed E-state index contributed by atoms with van der Waals surface area (Å²) < 4.78 is 39.0. The maximum absolute atomic E-state index is 13.0. The Morgan fingerprint density at radius 3 is 2.63 bits per heavy atom. The standard InChI is InChI=1S/C19H24F3N3O2/c1-4-18-12-24(17(27)19(20,21)22)9-8-15(18)25(10-11-26)16-13(18)6-5-7-14(16)23(2)3/h5-7,11,15H,4,8-10,12H2,1-3H3. The summed E-state index contributed by atoms with van der Waals surface area (Å²) in [7, 11) is 3.80. The number of hydrogen-bond acceptors (Lipinski definition) is 4. The van der Waals surface area contributed by atoms with Crippen LogP contribution in [0.5, 0.6) is 0 Å². The van der Waals surface area contributed by atoms with Crippen LogP contribution in [-0.2, 0) is 15.0 Å². The Morgan fingerprint density at radius 1 is 1.37 bits per heavy atom. The molecule has 2 unspecified atom stereocenters. The molecule has 1 saturated heterocycles. The number of nitrogens with zero attached hydrogens (tertiary/aromatic N) is 3. The molecule has 1 fully saturated rings. The molecule has 0 radical (unpaired) electrons. The van der Waals surface area contributed by atoms with Crippen LogP contribution in [0.4, 0.5) is 24.5 Å². The fraction of sp³-hybridized carbons (Fsp3) is 0.579. The molecule has 0 aliphatic carbocycles. The average Bonchev–Trinajstić information content (AvgIpc) is 2.90. The van der Waals surface area contributed by atoms with E-state index in [1.54, 1.807) is 0 Å². The van der Waals surface area contributed by atoms with Crippen molar-refractivity contribution in [3.63, 3.8) is 0 Å². The molecule has 2 aliphatic rings. The van der Waals surface area contributed by atoms with Crippen LogP contribution in [0.1, 0.15) is 25.3 Å². The average molecular weight is 383 g/mol. The highest BCUT2D eigenvalue weighted by Gasteiger charge is 2.56. The highest BCUT2D eigenvalue weighted by molar-refractivity contribution is 5.85. The highest BCUT2D eigenvalue weighted by Crippen LogP contribution is 2.54. The molecule has 2 aliphatic heterocycles. The predicted molar refractivity (Wildman–Crippen MR) is 97.2 cm³/mol. The molecule has 1 aromatic rings. The van der Waals surface area contributed by atoms with Crippen molar-refractivity contribution in [1.82, 2.24) is 4.90 Å². The van der Waals surface area contributed by atoms with Gasteiger partial charge in [-0.15, -0.1) is 0 Å². The lowest BCUT2D eigenvalue weighted by Gasteiger charge is -2.46. The molecule has 3 rings (SSSR count). The number of para-hydroxylation sites is 1. The van der Waals surface area contributed by atoms with Gasteiger partial charge < -0.3 is 19.5 Å². The summed E-state index contributed by atoms with van der Waals surface area (Å²) in [5.41, 5.74) is 2.11. The molecule has 2 heterocycles. The number of amides is 1. The number of aldehydes is 1. The zero-order valence-electron chi connectivity index (χ0n) is 15.7. The molecule has 0 aromatic heterocycles. The van der Waals surface area contributed by atoms with Crippen molar-refractivity contribution in [3.8, 4) is 0 Å². The first-order chi connectivity index (χ1) is 12.7. The van der Waals surface area contributed by atoms with E-state index < -0.39 is 17.5 Å². The molecule has 1 amide bonds. The lowest BCUT2D eigenvalue weighted by molar-refractivity contribution is -0.187. The molecule has 148 valence electrons.